The van der Waals surface area contributed by atoms with Gasteiger partial charge in [0.1, 0.15) is 0 Å². The second-order valence-electron chi connectivity index (χ2n) is 2.79. The van der Waals surface area contributed by atoms with Crippen LogP contribution in [0, 0.1) is 0 Å². The lowest BCUT2D eigenvalue weighted by Gasteiger charge is -2.19. The van der Waals surface area contributed by atoms with Crippen molar-refractivity contribution in [1.29, 1.82) is 0 Å². The average Bonchev–Trinajstić information content (AvgIpc) is 2.06. The largest absolute Gasteiger partial charge is 0.265 e. The molecule has 11 heavy (non-hydrogen) atoms. The summed E-state index contributed by atoms with van der Waals surface area (Å²) in [4.78, 5) is 3.70. The number of halogens is 1. The molecule has 0 bridgehead atoms. The Labute approximate surface area is 72.4 Å². The molecule has 1 nitrogen and oxygen atoms in total. The van der Waals surface area contributed by atoms with Gasteiger partial charge in [0.15, 0.2) is 0 Å². The lowest BCUT2D eigenvalue weighted by atomic mass is 9.99. The van der Waals surface area contributed by atoms with Crippen molar-refractivity contribution in [3.05, 3.63) is 30.1 Å². The molecule has 1 unspecified atom stereocenters. The maximum atomic E-state index is 6.22. The van der Waals surface area contributed by atoms with E-state index >= 15 is 0 Å². The molecule has 0 N–H and O–H groups in total. The van der Waals surface area contributed by atoms with Crippen LogP contribution in [0.25, 0.3) is 0 Å². The molecule has 0 aliphatic carbocycles. The molecule has 1 atom stereocenters. The molecule has 0 aromatic carbocycles. The summed E-state index contributed by atoms with van der Waals surface area (Å²) in [6.45, 7) is 4.09. The molecular weight excluding hydrogens is 158 g/mol. The van der Waals surface area contributed by atoms with Gasteiger partial charge in [0.25, 0.3) is 0 Å². The highest BCUT2D eigenvalue weighted by atomic mass is 35.5. The van der Waals surface area contributed by atoms with Gasteiger partial charge in [-0.25, -0.2) is 0 Å². The number of pyridine rings is 1. The Balaban J connectivity index is 2.93. The first-order valence-electron chi connectivity index (χ1n) is 3.76. The summed E-state index contributed by atoms with van der Waals surface area (Å²) in [6.07, 6.45) is 4.47. The van der Waals surface area contributed by atoms with Gasteiger partial charge in [-0.05, 0) is 31.0 Å². The van der Waals surface area contributed by atoms with Crippen molar-refractivity contribution in [2.75, 3.05) is 0 Å². The highest BCUT2D eigenvalue weighted by Gasteiger charge is 2.19. The fourth-order valence-electron chi connectivity index (χ4n) is 0.904. The predicted octanol–water partition coefficient (Wildman–Crippen LogP) is 2.95. The van der Waals surface area contributed by atoms with E-state index in [9.17, 15) is 0 Å². The fourth-order valence-corrected chi connectivity index (χ4v) is 1.03. The smallest absolute Gasteiger partial charge is 0.0665 e. The standard InChI is InChI=1S/C9H12ClN/c1-3-9(2,10)8-4-6-11-7-5-8/h4-7H,3H2,1-2H3. The molecule has 0 saturated carbocycles. The van der Waals surface area contributed by atoms with Crippen LogP contribution < -0.4 is 0 Å². The highest BCUT2D eigenvalue weighted by Crippen LogP contribution is 2.30. The summed E-state index contributed by atoms with van der Waals surface area (Å²) in [5.41, 5.74) is 1.14. The maximum Gasteiger partial charge on any atom is 0.0665 e. The Morgan fingerprint density at radius 1 is 1.45 bits per heavy atom. The number of hydrogen-bond acceptors (Lipinski definition) is 1. The van der Waals surface area contributed by atoms with Gasteiger partial charge in [-0.2, -0.15) is 0 Å². The number of rotatable bonds is 2. The SMILES string of the molecule is CCC(C)(Cl)c1ccncc1. The van der Waals surface area contributed by atoms with Gasteiger partial charge in [0.05, 0.1) is 4.87 Å². The molecule has 0 spiro atoms. The Hall–Kier alpha value is -0.560. The van der Waals surface area contributed by atoms with Crippen LogP contribution in [0.4, 0.5) is 0 Å². The van der Waals surface area contributed by atoms with E-state index in [0.717, 1.165) is 12.0 Å². The molecule has 1 aromatic heterocycles. The summed E-state index contributed by atoms with van der Waals surface area (Å²) in [7, 11) is 0. The second kappa shape index (κ2) is 3.22. The van der Waals surface area contributed by atoms with Crippen LogP contribution in [0.3, 0.4) is 0 Å². The fraction of sp³-hybridized carbons (Fsp3) is 0.444. The molecule has 1 heterocycles. The Bertz CT molecular complexity index is 218. The van der Waals surface area contributed by atoms with Crippen LogP contribution in [0.15, 0.2) is 24.5 Å². The van der Waals surface area contributed by atoms with Crippen molar-refractivity contribution in [2.24, 2.45) is 0 Å². The lowest BCUT2D eigenvalue weighted by Crippen LogP contribution is -2.11. The number of hydrogen-bond donors (Lipinski definition) is 0. The Morgan fingerprint density at radius 3 is 2.45 bits per heavy atom. The van der Waals surface area contributed by atoms with Crippen LogP contribution in [-0.2, 0) is 4.87 Å². The van der Waals surface area contributed by atoms with Crippen molar-refractivity contribution in [3.8, 4) is 0 Å². The minimum absolute atomic E-state index is 0.233. The highest BCUT2D eigenvalue weighted by molar-refractivity contribution is 6.23. The minimum Gasteiger partial charge on any atom is -0.265 e. The third kappa shape index (κ3) is 1.93. The molecule has 0 radical (unpaired) electrons. The first kappa shape index (κ1) is 8.54. The lowest BCUT2D eigenvalue weighted by molar-refractivity contribution is 0.649. The van der Waals surface area contributed by atoms with Crippen molar-refractivity contribution in [2.45, 2.75) is 25.1 Å². The van der Waals surface area contributed by atoms with Crippen molar-refractivity contribution in [1.82, 2.24) is 4.98 Å². The van der Waals surface area contributed by atoms with E-state index in [1.54, 1.807) is 12.4 Å². The molecule has 2 heteroatoms. The average molecular weight is 170 g/mol. The summed E-state index contributed by atoms with van der Waals surface area (Å²) in [5.74, 6) is 0. The van der Waals surface area contributed by atoms with Crippen molar-refractivity contribution < 1.29 is 0 Å². The van der Waals surface area contributed by atoms with Gasteiger partial charge >= 0.3 is 0 Å². The molecule has 0 aliphatic rings. The maximum absolute atomic E-state index is 6.22. The van der Waals surface area contributed by atoms with Gasteiger partial charge in [0.2, 0.25) is 0 Å². The topological polar surface area (TPSA) is 12.9 Å². The Morgan fingerprint density at radius 2 is 2.00 bits per heavy atom. The van der Waals surface area contributed by atoms with Gasteiger partial charge in [-0.15, -0.1) is 11.6 Å². The van der Waals surface area contributed by atoms with Gasteiger partial charge < -0.3 is 0 Å². The van der Waals surface area contributed by atoms with E-state index in [1.807, 2.05) is 19.1 Å². The zero-order valence-electron chi connectivity index (χ0n) is 6.84. The molecular formula is C9H12ClN. The van der Waals surface area contributed by atoms with E-state index < -0.39 is 0 Å². The van der Waals surface area contributed by atoms with E-state index in [2.05, 4.69) is 11.9 Å². The van der Waals surface area contributed by atoms with E-state index in [1.165, 1.54) is 0 Å². The summed E-state index contributed by atoms with van der Waals surface area (Å²) >= 11 is 6.22. The van der Waals surface area contributed by atoms with Crippen LogP contribution >= 0.6 is 11.6 Å². The summed E-state index contributed by atoms with van der Waals surface area (Å²) < 4.78 is 0. The number of nitrogens with zero attached hydrogens (tertiary/aromatic N) is 1. The zero-order chi connectivity index (χ0) is 8.32. The van der Waals surface area contributed by atoms with Crippen molar-refractivity contribution >= 4 is 11.6 Å². The quantitative estimate of drug-likeness (QED) is 0.621. The summed E-state index contributed by atoms with van der Waals surface area (Å²) in [5, 5.41) is 0. The number of aromatic nitrogens is 1. The van der Waals surface area contributed by atoms with Crippen LogP contribution in [0.1, 0.15) is 25.8 Å². The molecule has 1 rings (SSSR count). The molecule has 0 fully saturated rings. The van der Waals surface area contributed by atoms with E-state index in [0.29, 0.717) is 0 Å². The molecule has 0 saturated heterocycles. The van der Waals surface area contributed by atoms with E-state index in [4.69, 9.17) is 11.6 Å². The van der Waals surface area contributed by atoms with Gasteiger partial charge in [-0.3, -0.25) is 4.98 Å². The van der Waals surface area contributed by atoms with Crippen molar-refractivity contribution in [3.63, 3.8) is 0 Å². The molecule has 1 aromatic rings. The third-order valence-electron chi connectivity index (χ3n) is 1.95. The normalized spacial score (nSPS) is 15.9. The second-order valence-corrected chi connectivity index (χ2v) is 3.62. The summed E-state index contributed by atoms with van der Waals surface area (Å²) in [6, 6.07) is 3.91. The monoisotopic (exact) mass is 169 g/mol. The first-order chi connectivity index (χ1) is 5.17. The molecule has 60 valence electrons. The zero-order valence-corrected chi connectivity index (χ0v) is 7.60. The van der Waals surface area contributed by atoms with Crippen LogP contribution in [0.5, 0.6) is 0 Å². The van der Waals surface area contributed by atoms with E-state index in [-0.39, 0.29) is 4.87 Å². The van der Waals surface area contributed by atoms with Gasteiger partial charge in [0, 0.05) is 12.4 Å². The molecule has 0 aliphatic heterocycles. The predicted molar refractivity (Wildman–Crippen MR) is 47.7 cm³/mol. The van der Waals surface area contributed by atoms with Gasteiger partial charge in [-0.1, -0.05) is 6.92 Å². The first-order valence-corrected chi connectivity index (χ1v) is 4.14. The molecule has 0 amide bonds. The Kier molecular flexibility index (Phi) is 2.50. The minimum atomic E-state index is -0.233. The number of alkyl halides is 1. The van der Waals surface area contributed by atoms with Crippen LogP contribution in [-0.4, -0.2) is 4.98 Å². The van der Waals surface area contributed by atoms with Crippen LogP contribution in [0.2, 0.25) is 0 Å². The third-order valence-corrected chi connectivity index (χ3v) is 2.43.